The molecule has 0 spiro atoms. The third-order valence-corrected chi connectivity index (χ3v) is 5.89. The summed E-state index contributed by atoms with van der Waals surface area (Å²) in [6.45, 7) is 2.77. The molecule has 0 saturated carbocycles. The molecule has 2 N–H and O–H groups in total. The molecule has 1 unspecified atom stereocenters. The normalized spacial score (nSPS) is 31.6. The van der Waals surface area contributed by atoms with Gasteiger partial charge < -0.3 is 15.3 Å². The van der Waals surface area contributed by atoms with E-state index in [1.807, 2.05) is 11.8 Å². The second kappa shape index (κ2) is 5.61. The number of carboxylic acids is 1. The average molecular weight is 290 g/mol. The van der Waals surface area contributed by atoms with E-state index in [-0.39, 0.29) is 10.8 Å². The molecule has 2 aliphatic heterocycles. The first-order valence-corrected chi connectivity index (χ1v) is 8.15. The maximum Gasteiger partial charge on any atom is 0.327 e. The van der Waals surface area contributed by atoms with Crippen LogP contribution in [0.1, 0.15) is 19.8 Å². The molecule has 102 valence electrons. The summed E-state index contributed by atoms with van der Waals surface area (Å²) in [7, 11) is 0. The first-order valence-electron chi connectivity index (χ1n) is 6.01. The Morgan fingerprint density at radius 1 is 1.56 bits per heavy atom. The smallest absolute Gasteiger partial charge is 0.327 e. The molecule has 2 fully saturated rings. The van der Waals surface area contributed by atoms with Gasteiger partial charge in [-0.15, -0.1) is 11.8 Å². The van der Waals surface area contributed by atoms with Crippen LogP contribution in [0.25, 0.3) is 0 Å². The van der Waals surface area contributed by atoms with Crippen molar-refractivity contribution in [1.82, 2.24) is 10.2 Å². The van der Waals surface area contributed by atoms with Crippen molar-refractivity contribution in [3.8, 4) is 0 Å². The van der Waals surface area contributed by atoms with E-state index in [0.29, 0.717) is 18.2 Å². The Bertz CT molecular complexity index is 345. The second-order valence-electron chi connectivity index (χ2n) is 4.88. The first-order chi connectivity index (χ1) is 8.52. The van der Waals surface area contributed by atoms with Gasteiger partial charge in [-0.25, -0.2) is 9.59 Å². The van der Waals surface area contributed by atoms with E-state index in [1.165, 1.54) is 23.1 Å². The van der Waals surface area contributed by atoms with Gasteiger partial charge in [-0.3, -0.25) is 0 Å². The van der Waals surface area contributed by atoms with Crippen LogP contribution in [-0.4, -0.2) is 56.7 Å². The van der Waals surface area contributed by atoms with Gasteiger partial charge >= 0.3 is 12.0 Å². The largest absolute Gasteiger partial charge is 0.480 e. The van der Waals surface area contributed by atoms with Crippen LogP contribution in [0, 0.1) is 0 Å². The lowest BCUT2D eigenvalue weighted by molar-refractivity contribution is -0.140. The molecule has 2 rings (SSSR count). The Balaban J connectivity index is 1.86. The lowest BCUT2D eigenvalue weighted by Crippen LogP contribution is -2.49. The zero-order chi connectivity index (χ0) is 13.2. The van der Waals surface area contributed by atoms with Gasteiger partial charge in [-0.05, 0) is 25.5 Å². The molecule has 5 nitrogen and oxygen atoms in total. The van der Waals surface area contributed by atoms with Crippen molar-refractivity contribution < 1.29 is 14.7 Å². The van der Waals surface area contributed by atoms with Crippen LogP contribution >= 0.6 is 23.5 Å². The van der Waals surface area contributed by atoms with Crippen molar-refractivity contribution in [1.29, 1.82) is 0 Å². The summed E-state index contributed by atoms with van der Waals surface area (Å²) in [5, 5.41) is 11.9. The number of urea groups is 1. The number of thioether (sulfide) groups is 2. The number of hydrogen-bond donors (Lipinski definition) is 2. The standard InChI is InChI=1S/C11H18N2O3S2/c1-11(3-2-4-18-11)6-12-10(16)13-7-17-5-8(13)9(14)15/h8H,2-7H2,1H3,(H,12,16)(H,14,15)/t8-,11?/m0/s1. The van der Waals surface area contributed by atoms with Crippen LogP contribution in [0.3, 0.4) is 0 Å². The number of aliphatic carboxylic acids is 1. The fourth-order valence-corrected chi connectivity index (χ4v) is 4.58. The Morgan fingerprint density at radius 3 is 2.94 bits per heavy atom. The highest BCUT2D eigenvalue weighted by Gasteiger charge is 2.36. The quantitative estimate of drug-likeness (QED) is 0.823. The molecule has 2 aliphatic rings. The SMILES string of the molecule is CC1(CNC(=O)N2CSC[C@H]2C(=O)O)CCCS1. The Hall–Kier alpha value is -0.560. The molecular weight excluding hydrogens is 272 g/mol. The molecule has 0 aromatic heterocycles. The third kappa shape index (κ3) is 3.06. The summed E-state index contributed by atoms with van der Waals surface area (Å²) in [6.07, 6.45) is 2.30. The summed E-state index contributed by atoms with van der Waals surface area (Å²) in [4.78, 5) is 24.4. The first kappa shape index (κ1) is 13.9. The van der Waals surface area contributed by atoms with Gasteiger partial charge in [0.1, 0.15) is 6.04 Å². The maximum absolute atomic E-state index is 12.0. The van der Waals surface area contributed by atoms with Gasteiger partial charge in [0.25, 0.3) is 0 Å². The molecule has 0 aliphatic carbocycles. The van der Waals surface area contributed by atoms with Crippen molar-refractivity contribution in [3.63, 3.8) is 0 Å². The Morgan fingerprint density at radius 2 is 2.33 bits per heavy atom. The molecule has 0 radical (unpaired) electrons. The minimum absolute atomic E-state index is 0.112. The van der Waals surface area contributed by atoms with Crippen molar-refractivity contribution >= 4 is 35.5 Å². The average Bonchev–Trinajstić information content (AvgIpc) is 2.95. The Labute approximate surface area is 115 Å². The van der Waals surface area contributed by atoms with Crippen molar-refractivity contribution in [2.24, 2.45) is 0 Å². The van der Waals surface area contributed by atoms with Crippen LogP contribution in [0.4, 0.5) is 4.79 Å². The molecule has 0 aromatic rings. The number of rotatable bonds is 3. The predicted octanol–water partition coefficient (Wildman–Crippen LogP) is 1.44. The van der Waals surface area contributed by atoms with Crippen LogP contribution in [0.15, 0.2) is 0 Å². The molecule has 0 aromatic carbocycles. The van der Waals surface area contributed by atoms with Crippen LogP contribution in [0.2, 0.25) is 0 Å². The number of carboxylic acid groups (broad SMARTS) is 1. The number of nitrogens with one attached hydrogen (secondary N) is 1. The highest BCUT2D eigenvalue weighted by Crippen LogP contribution is 2.37. The number of amides is 2. The lowest BCUT2D eigenvalue weighted by atomic mass is 10.1. The van der Waals surface area contributed by atoms with E-state index in [1.54, 1.807) is 0 Å². The molecule has 2 saturated heterocycles. The summed E-state index contributed by atoms with van der Waals surface area (Å²) in [6, 6.07) is -0.930. The summed E-state index contributed by atoms with van der Waals surface area (Å²) < 4.78 is 0.112. The van der Waals surface area contributed by atoms with Crippen molar-refractivity contribution in [2.75, 3.05) is 23.9 Å². The monoisotopic (exact) mass is 290 g/mol. The van der Waals surface area contributed by atoms with E-state index in [0.717, 1.165) is 12.2 Å². The van der Waals surface area contributed by atoms with Crippen molar-refractivity contribution in [2.45, 2.75) is 30.6 Å². The maximum atomic E-state index is 12.0. The molecule has 18 heavy (non-hydrogen) atoms. The third-order valence-electron chi connectivity index (χ3n) is 3.34. The molecule has 2 atom stereocenters. The van der Waals surface area contributed by atoms with Gasteiger partial charge in [-0.1, -0.05) is 0 Å². The van der Waals surface area contributed by atoms with Crippen molar-refractivity contribution in [3.05, 3.63) is 0 Å². The fourth-order valence-electron chi connectivity index (χ4n) is 2.19. The minimum atomic E-state index is -0.920. The molecule has 2 heterocycles. The number of carbonyl (C=O) groups is 2. The van der Waals surface area contributed by atoms with Gasteiger partial charge in [0, 0.05) is 17.0 Å². The van der Waals surface area contributed by atoms with Crippen LogP contribution in [-0.2, 0) is 4.79 Å². The van der Waals surface area contributed by atoms with E-state index in [4.69, 9.17) is 5.11 Å². The van der Waals surface area contributed by atoms with Crippen LogP contribution in [0.5, 0.6) is 0 Å². The topological polar surface area (TPSA) is 69.6 Å². The summed E-state index contributed by atoms with van der Waals surface area (Å²) in [5.74, 6) is 1.17. The summed E-state index contributed by atoms with van der Waals surface area (Å²) in [5.41, 5.74) is 0. The highest BCUT2D eigenvalue weighted by molar-refractivity contribution is 8.00. The minimum Gasteiger partial charge on any atom is -0.480 e. The number of hydrogen-bond acceptors (Lipinski definition) is 4. The summed E-state index contributed by atoms with van der Waals surface area (Å²) >= 11 is 3.36. The fraction of sp³-hybridized carbons (Fsp3) is 0.818. The van der Waals surface area contributed by atoms with Gasteiger partial charge in [0.15, 0.2) is 0 Å². The Kier molecular flexibility index (Phi) is 4.32. The van der Waals surface area contributed by atoms with E-state index < -0.39 is 12.0 Å². The van der Waals surface area contributed by atoms with Crippen LogP contribution < -0.4 is 5.32 Å². The van der Waals surface area contributed by atoms with Gasteiger partial charge in [0.05, 0.1) is 5.88 Å². The number of nitrogens with zero attached hydrogens (tertiary/aromatic N) is 1. The lowest BCUT2D eigenvalue weighted by Gasteiger charge is -2.26. The second-order valence-corrected chi connectivity index (χ2v) is 7.57. The van der Waals surface area contributed by atoms with Gasteiger partial charge in [-0.2, -0.15) is 11.8 Å². The molecule has 0 bridgehead atoms. The molecular formula is C11H18N2O3S2. The van der Waals surface area contributed by atoms with E-state index >= 15 is 0 Å². The van der Waals surface area contributed by atoms with E-state index in [2.05, 4.69) is 12.2 Å². The highest BCUT2D eigenvalue weighted by atomic mass is 32.2. The number of carbonyl (C=O) groups excluding carboxylic acids is 1. The predicted molar refractivity (Wildman–Crippen MR) is 74.1 cm³/mol. The zero-order valence-corrected chi connectivity index (χ0v) is 12.0. The van der Waals surface area contributed by atoms with E-state index in [9.17, 15) is 9.59 Å². The molecule has 2 amide bonds. The van der Waals surface area contributed by atoms with Gasteiger partial charge in [0.2, 0.25) is 0 Å². The zero-order valence-electron chi connectivity index (χ0n) is 10.3. The molecule has 7 heteroatoms.